The minimum absolute atomic E-state index is 0.296. The molecular formula is C12H14FNO. The number of aliphatic hydroxyl groups excluding tert-OH is 1. The number of benzene rings is 1. The van der Waals surface area contributed by atoms with Gasteiger partial charge in [-0.2, -0.15) is 0 Å². The van der Waals surface area contributed by atoms with Crippen molar-refractivity contribution in [1.29, 1.82) is 0 Å². The number of aliphatic hydroxyl groups is 1. The molecule has 0 bridgehead atoms. The Morgan fingerprint density at radius 3 is 2.67 bits per heavy atom. The Bertz CT molecular complexity index is 350. The number of hydrogen-bond donors (Lipinski definition) is 2. The van der Waals surface area contributed by atoms with E-state index in [4.69, 9.17) is 0 Å². The van der Waals surface area contributed by atoms with Crippen LogP contribution in [0.4, 0.5) is 4.39 Å². The molecule has 2 nitrogen and oxygen atoms in total. The fourth-order valence-electron chi connectivity index (χ4n) is 1.16. The van der Waals surface area contributed by atoms with Gasteiger partial charge in [-0.25, -0.2) is 4.39 Å². The number of halogens is 1. The first-order chi connectivity index (χ1) is 7.24. The largest absolute Gasteiger partial charge is 0.387 e. The molecule has 2 N–H and O–H groups in total. The summed E-state index contributed by atoms with van der Waals surface area (Å²) < 4.78 is 12.6. The lowest BCUT2D eigenvalue weighted by atomic mass is 10.1. The molecule has 0 amide bonds. The fourth-order valence-corrected chi connectivity index (χ4v) is 1.16. The summed E-state index contributed by atoms with van der Waals surface area (Å²) in [5, 5.41) is 12.7. The summed E-state index contributed by atoms with van der Waals surface area (Å²) in [4.78, 5) is 0. The van der Waals surface area contributed by atoms with Crippen LogP contribution in [0.3, 0.4) is 0 Å². The monoisotopic (exact) mass is 207 g/mol. The summed E-state index contributed by atoms with van der Waals surface area (Å²) in [5.41, 5.74) is 0.702. The van der Waals surface area contributed by atoms with Gasteiger partial charge in [0.25, 0.3) is 0 Å². The molecule has 0 aromatic heterocycles. The zero-order valence-corrected chi connectivity index (χ0v) is 8.63. The summed E-state index contributed by atoms with van der Waals surface area (Å²) >= 11 is 0. The molecule has 1 aromatic rings. The first-order valence-corrected chi connectivity index (χ1v) is 4.78. The normalized spacial score (nSPS) is 11.7. The summed E-state index contributed by atoms with van der Waals surface area (Å²) in [6.07, 6.45) is -0.621. The van der Waals surface area contributed by atoms with Gasteiger partial charge >= 0.3 is 0 Å². The van der Waals surface area contributed by atoms with E-state index in [9.17, 15) is 9.50 Å². The van der Waals surface area contributed by atoms with E-state index in [-0.39, 0.29) is 5.82 Å². The van der Waals surface area contributed by atoms with Gasteiger partial charge < -0.3 is 10.4 Å². The lowest BCUT2D eigenvalue weighted by molar-refractivity contribution is 0.176. The standard InChI is InChI=1S/C12H14FNO/c1-2-3-8-14-9-12(15)10-4-6-11(13)7-5-10/h4-7,12,14-15H,8-9H2,1H3. The molecule has 15 heavy (non-hydrogen) atoms. The van der Waals surface area contributed by atoms with E-state index in [1.165, 1.54) is 12.1 Å². The number of hydrogen-bond acceptors (Lipinski definition) is 2. The van der Waals surface area contributed by atoms with Gasteiger partial charge in [0.1, 0.15) is 5.82 Å². The Morgan fingerprint density at radius 1 is 1.40 bits per heavy atom. The Balaban J connectivity index is 2.41. The summed E-state index contributed by atoms with van der Waals surface area (Å²) in [6, 6.07) is 5.83. The van der Waals surface area contributed by atoms with Crippen molar-refractivity contribution >= 4 is 0 Å². The predicted octanol–water partition coefficient (Wildman–Crippen LogP) is 1.47. The zero-order valence-electron chi connectivity index (χ0n) is 8.63. The molecule has 1 atom stereocenters. The van der Waals surface area contributed by atoms with E-state index in [1.807, 2.05) is 0 Å². The average molecular weight is 207 g/mol. The molecular weight excluding hydrogens is 193 g/mol. The van der Waals surface area contributed by atoms with Crippen molar-refractivity contribution < 1.29 is 9.50 Å². The van der Waals surface area contributed by atoms with Gasteiger partial charge in [-0.15, -0.1) is 5.92 Å². The Morgan fingerprint density at radius 2 is 2.07 bits per heavy atom. The van der Waals surface area contributed by atoms with Crippen molar-refractivity contribution in [2.45, 2.75) is 13.0 Å². The second-order valence-electron chi connectivity index (χ2n) is 3.13. The molecule has 1 unspecified atom stereocenters. The van der Waals surface area contributed by atoms with Crippen LogP contribution >= 0.6 is 0 Å². The van der Waals surface area contributed by atoms with E-state index < -0.39 is 6.10 Å². The first-order valence-electron chi connectivity index (χ1n) is 4.78. The van der Waals surface area contributed by atoms with Crippen molar-refractivity contribution in [2.24, 2.45) is 0 Å². The molecule has 3 heteroatoms. The van der Waals surface area contributed by atoms with E-state index >= 15 is 0 Å². The van der Waals surface area contributed by atoms with Crippen LogP contribution in [0, 0.1) is 17.7 Å². The molecule has 0 spiro atoms. The molecule has 0 saturated carbocycles. The molecule has 80 valence electrons. The second-order valence-corrected chi connectivity index (χ2v) is 3.13. The third-order valence-electron chi connectivity index (χ3n) is 1.98. The SMILES string of the molecule is CC#CCNCC(O)c1ccc(F)cc1. The zero-order chi connectivity index (χ0) is 11.1. The van der Waals surface area contributed by atoms with Crippen LogP contribution in [0.2, 0.25) is 0 Å². The third-order valence-corrected chi connectivity index (χ3v) is 1.98. The van der Waals surface area contributed by atoms with Crippen LogP contribution in [-0.2, 0) is 0 Å². The van der Waals surface area contributed by atoms with Crippen molar-refractivity contribution in [3.63, 3.8) is 0 Å². The van der Waals surface area contributed by atoms with Gasteiger partial charge in [0.15, 0.2) is 0 Å². The average Bonchev–Trinajstić information content (AvgIpc) is 2.25. The molecule has 0 aliphatic heterocycles. The Kier molecular flexibility index (Phi) is 4.82. The topological polar surface area (TPSA) is 32.3 Å². The van der Waals surface area contributed by atoms with E-state index in [1.54, 1.807) is 19.1 Å². The minimum atomic E-state index is -0.621. The lowest BCUT2D eigenvalue weighted by Gasteiger charge is -2.10. The highest BCUT2D eigenvalue weighted by molar-refractivity contribution is 5.18. The quantitative estimate of drug-likeness (QED) is 0.579. The maximum Gasteiger partial charge on any atom is 0.123 e. The summed E-state index contributed by atoms with van der Waals surface area (Å²) in [6.45, 7) is 2.73. The molecule has 0 aliphatic carbocycles. The van der Waals surface area contributed by atoms with E-state index in [0.29, 0.717) is 18.7 Å². The van der Waals surface area contributed by atoms with Crippen molar-refractivity contribution in [3.8, 4) is 11.8 Å². The van der Waals surface area contributed by atoms with Crippen molar-refractivity contribution in [3.05, 3.63) is 35.6 Å². The van der Waals surface area contributed by atoms with Crippen LogP contribution in [0.5, 0.6) is 0 Å². The maximum absolute atomic E-state index is 12.6. The van der Waals surface area contributed by atoms with E-state index in [2.05, 4.69) is 17.2 Å². The predicted molar refractivity (Wildman–Crippen MR) is 57.7 cm³/mol. The number of rotatable bonds is 4. The number of nitrogens with one attached hydrogen (secondary N) is 1. The van der Waals surface area contributed by atoms with Gasteiger partial charge in [0.05, 0.1) is 12.6 Å². The summed E-state index contributed by atoms with van der Waals surface area (Å²) in [5.74, 6) is 5.28. The van der Waals surface area contributed by atoms with Crippen LogP contribution in [0.15, 0.2) is 24.3 Å². The van der Waals surface area contributed by atoms with Gasteiger partial charge in [-0.1, -0.05) is 18.1 Å². The molecule has 0 radical (unpaired) electrons. The highest BCUT2D eigenvalue weighted by Gasteiger charge is 2.05. The Hall–Kier alpha value is -1.37. The maximum atomic E-state index is 12.6. The summed E-state index contributed by atoms with van der Waals surface area (Å²) in [7, 11) is 0. The van der Waals surface area contributed by atoms with Crippen LogP contribution < -0.4 is 5.32 Å². The molecule has 0 heterocycles. The molecule has 0 saturated heterocycles. The van der Waals surface area contributed by atoms with Gasteiger partial charge in [-0.05, 0) is 24.6 Å². The van der Waals surface area contributed by atoms with Gasteiger partial charge in [0.2, 0.25) is 0 Å². The first kappa shape index (κ1) is 11.7. The highest BCUT2D eigenvalue weighted by atomic mass is 19.1. The van der Waals surface area contributed by atoms with Crippen molar-refractivity contribution in [1.82, 2.24) is 5.32 Å². The van der Waals surface area contributed by atoms with Gasteiger partial charge in [0, 0.05) is 6.54 Å². The molecule has 1 rings (SSSR count). The molecule has 0 aliphatic rings. The Labute approximate surface area is 89.1 Å². The lowest BCUT2D eigenvalue weighted by Crippen LogP contribution is -2.21. The fraction of sp³-hybridized carbons (Fsp3) is 0.333. The van der Waals surface area contributed by atoms with Crippen LogP contribution in [0.1, 0.15) is 18.6 Å². The molecule has 1 aromatic carbocycles. The van der Waals surface area contributed by atoms with Gasteiger partial charge in [-0.3, -0.25) is 0 Å². The third kappa shape index (κ3) is 4.11. The van der Waals surface area contributed by atoms with E-state index in [0.717, 1.165) is 0 Å². The minimum Gasteiger partial charge on any atom is -0.387 e. The smallest absolute Gasteiger partial charge is 0.123 e. The van der Waals surface area contributed by atoms with Crippen LogP contribution in [0.25, 0.3) is 0 Å². The second kappa shape index (κ2) is 6.18. The van der Waals surface area contributed by atoms with Crippen LogP contribution in [-0.4, -0.2) is 18.2 Å². The molecule has 0 fully saturated rings. The van der Waals surface area contributed by atoms with Crippen molar-refractivity contribution in [2.75, 3.05) is 13.1 Å². The highest BCUT2D eigenvalue weighted by Crippen LogP contribution is 2.11.